The molecule has 150 valence electrons. The van der Waals surface area contributed by atoms with Crippen LogP contribution < -0.4 is 11.5 Å². The monoisotopic (exact) mass is 377 g/mol. The third kappa shape index (κ3) is 4.14. The van der Waals surface area contributed by atoms with E-state index in [9.17, 15) is 30.3 Å². The lowest BCUT2D eigenvalue weighted by Gasteiger charge is -2.45. The smallest absolute Gasteiger partial charge is 0.370 e. The van der Waals surface area contributed by atoms with Gasteiger partial charge in [-0.2, -0.15) is 0 Å². The van der Waals surface area contributed by atoms with Crippen LogP contribution >= 0.6 is 0 Å². The highest BCUT2D eigenvalue weighted by atomic mass is 16.5. The summed E-state index contributed by atoms with van der Waals surface area (Å²) in [6.07, 6.45) is -9.63. The lowest BCUT2D eigenvalue weighted by Crippen LogP contribution is -2.65. The van der Waals surface area contributed by atoms with Gasteiger partial charge in [-0.1, -0.05) is 6.92 Å². The molecule has 2 saturated carbocycles. The quantitative estimate of drug-likeness (QED) is 0.177. The van der Waals surface area contributed by atoms with Gasteiger partial charge >= 0.3 is 5.97 Å². The van der Waals surface area contributed by atoms with E-state index in [0.717, 1.165) is 0 Å². The summed E-state index contributed by atoms with van der Waals surface area (Å²) in [5.41, 5.74) is 11.4. The number of ether oxygens (including phenoxy) is 1. The van der Waals surface area contributed by atoms with Crippen LogP contribution in [0.4, 0.5) is 0 Å². The van der Waals surface area contributed by atoms with Gasteiger partial charge in [0.2, 0.25) is 5.84 Å². The molecule has 0 bridgehead atoms. The molecule has 0 aliphatic heterocycles. The Labute approximate surface area is 149 Å². The largest absolute Gasteiger partial charge is 0.475 e. The van der Waals surface area contributed by atoms with Crippen LogP contribution in [-0.2, 0) is 9.53 Å². The summed E-state index contributed by atoms with van der Waals surface area (Å²) in [6.45, 7) is 1.81. The molecule has 2 aliphatic rings. The fourth-order valence-corrected chi connectivity index (χ4v) is 3.49. The fourth-order valence-electron chi connectivity index (χ4n) is 3.49. The number of hydrogen-bond acceptors (Lipinski definition) is 9. The average molecular weight is 377 g/mol. The number of rotatable bonds is 3. The minimum absolute atomic E-state index is 0.143. The second-order valence-corrected chi connectivity index (χ2v) is 7.09. The molecule has 0 aromatic rings. The van der Waals surface area contributed by atoms with Crippen molar-refractivity contribution in [2.45, 2.75) is 74.6 Å². The van der Waals surface area contributed by atoms with E-state index in [1.165, 1.54) is 0 Å². The van der Waals surface area contributed by atoms with E-state index in [1.54, 1.807) is 0 Å². The van der Waals surface area contributed by atoms with Crippen molar-refractivity contribution in [1.29, 1.82) is 0 Å². The molecule has 0 aromatic heterocycles. The zero-order chi connectivity index (χ0) is 19.8. The Balaban J connectivity index is 2.07. The minimum atomic E-state index is -1.70. The van der Waals surface area contributed by atoms with Gasteiger partial charge in [0, 0.05) is 6.04 Å². The number of carbonyl (C=O) groups is 1. The van der Waals surface area contributed by atoms with Crippen LogP contribution in [0.2, 0.25) is 0 Å². The van der Waals surface area contributed by atoms with E-state index in [2.05, 4.69) is 4.99 Å². The van der Waals surface area contributed by atoms with Gasteiger partial charge in [0.15, 0.2) is 0 Å². The molecule has 26 heavy (non-hydrogen) atoms. The standard InChI is InChI=1S/C15H27N3O8/c1-4-2-7(5(16)3-6(4)18-14(17)15(24)25)26-13-11(22)9(20)8(19)10(21)12(13)23/h4-13,19-23H,2-3,16H2,1H3,(H2,17,18)(H,24,25). The summed E-state index contributed by atoms with van der Waals surface area (Å²) in [4.78, 5) is 14.8. The van der Waals surface area contributed by atoms with E-state index in [0.29, 0.717) is 6.42 Å². The number of aliphatic imine (C=N–C) groups is 1. The zero-order valence-electron chi connectivity index (χ0n) is 14.3. The number of amidine groups is 1. The number of nitrogens with zero attached hydrogens (tertiary/aromatic N) is 1. The molecule has 2 fully saturated rings. The number of carboxylic acid groups (broad SMARTS) is 1. The van der Waals surface area contributed by atoms with Gasteiger partial charge in [-0.3, -0.25) is 4.99 Å². The molecule has 0 amide bonds. The molecule has 11 heteroatoms. The summed E-state index contributed by atoms with van der Waals surface area (Å²) in [7, 11) is 0. The Morgan fingerprint density at radius 1 is 1.00 bits per heavy atom. The third-order valence-corrected chi connectivity index (χ3v) is 5.18. The number of carboxylic acids is 1. The van der Waals surface area contributed by atoms with Crippen LogP contribution in [0.3, 0.4) is 0 Å². The first kappa shape index (κ1) is 21.0. The maximum atomic E-state index is 10.8. The van der Waals surface area contributed by atoms with Gasteiger partial charge in [-0.25, -0.2) is 4.79 Å². The molecule has 0 saturated heterocycles. The van der Waals surface area contributed by atoms with Gasteiger partial charge in [-0.15, -0.1) is 0 Å². The Morgan fingerprint density at radius 3 is 2.00 bits per heavy atom. The molecule has 8 unspecified atom stereocenters. The molecule has 2 aliphatic carbocycles. The number of aliphatic hydroxyl groups excluding tert-OH is 5. The lowest BCUT2D eigenvalue weighted by molar-refractivity contribution is -0.248. The second kappa shape index (κ2) is 8.13. The van der Waals surface area contributed by atoms with Crippen LogP contribution in [-0.4, -0.2) is 97.3 Å². The maximum absolute atomic E-state index is 10.8. The SMILES string of the molecule is CC1CC(OC2C(O)C(O)C(O)C(O)C2O)C(N)CC1N=C(N)C(=O)O. The molecule has 0 radical (unpaired) electrons. The molecular weight excluding hydrogens is 350 g/mol. The van der Waals surface area contributed by atoms with Crippen LogP contribution in [0.15, 0.2) is 4.99 Å². The van der Waals surface area contributed by atoms with Crippen molar-refractivity contribution in [3.63, 3.8) is 0 Å². The van der Waals surface area contributed by atoms with Crippen molar-refractivity contribution in [3.8, 4) is 0 Å². The number of hydrogen-bond donors (Lipinski definition) is 8. The lowest BCUT2D eigenvalue weighted by atomic mass is 9.80. The zero-order valence-corrected chi connectivity index (χ0v) is 14.3. The van der Waals surface area contributed by atoms with Crippen LogP contribution in [0.25, 0.3) is 0 Å². The predicted molar refractivity (Wildman–Crippen MR) is 88.1 cm³/mol. The highest BCUT2D eigenvalue weighted by Gasteiger charge is 2.50. The van der Waals surface area contributed by atoms with Crippen LogP contribution in [0, 0.1) is 5.92 Å². The highest BCUT2D eigenvalue weighted by molar-refractivity contribution is 6.33. The van der Waals surface area contributed by atoms with Gasteiger partial charge in [0.1, 0.15) is 36.6 Å². The van der Waals surface area contributed by atoms with E-state index in [4.69, 9.17) is 21.3 Å². The molecule has 0 heterocycles. The number of nitrogens with two attached hydrogens (primary N) is 2. The number of aliphatic hydroxyl groups is 5. The first-order valence-corrected chi connectivity index (χ1v) is 8.42. The summed E-state index contributed by atoms with van der Waals surface area (Å²) >= 11 is 0. The van der Waals surface area contributed by atoms with E-state index >= 15 is 0 Å². The molecule has 8 atom stereocenters. The van der Waals surface area contributed by atoms with Gasteiger partial charge in [0.05, 0.1) is 12.1 Å². The summed E-state index contributed by atoms with van der Waals surface area (Å²) < 4.78 is 5.68. The first-order chi connectivity index (χ1) is 12.0. The normalized spacial score (nSPS) is 47.6. The van der Waals surface area contributed by atoms with E-state index < -0.39 is 66.6 Å². The predicted octanol–water partition coefficient (Wildman–Crippen LogP) is -3.87. The minimum Gasteiger partial charge on any atom is -0.475 e. The van der Waals surface area contributed by atoms with E-state index in [-0.39, 0.29) is 12.3 Å². The van der Waals surface area contributed by atoms with Crippen molar-refractivity contribution in [1.82, 2.24) is 0 Å². The first-order valence-electron chi connectivity index (χ1n) is 8.42. The summed E-state index contributed by atoms with van der Waals surface area (Å²) in [5, 5.41) is 58.1. The van der Waals surface area contributed by atoms with E-state index in [1.807, 2.05) is 6.92 Å². The topological polar surface area (TPSA) is 212 Å². The maximum Gasteiger partial charge on any atom is 0.370 e. The molecule has 10 N–H and O–H groups in total. The van der Waals surface area contributed by atoms with Crippen molar-refractivity contribution in [2.75, 3.05) is 0 Å². The second-order valence-electron chi connectivity index (χ2n) is 7.09. The molecule has 0 spiro atoms. The van der Waals surface area contributed by atoms with Crippen molar-refractivity contribution in [3.05, 3.63) is 0 Å². The Bertz CT molecular complexity index is 531. The fraction of sp³-hybridized carbons (Fsp3) is 0.867. The molecule has 2 rings (SSSR count). The van der Waals surface area contributed by atoms with Crippen molar-refractivity contribution in [2.24, 2.45) is 22.4 Å². The molecular formula is C15H27N3O8. The molecule has 11 nitrogen and oxygen atoms in total. The van der Waals surface area contributed by atoms with Crippen LogP contribution in [0.1, 0.15) is 19.8 Å². The summed E-state index contributed by atoms with van der Waals surface area (Å²) in [5.74, 6) is -1.97. The van der Waals surface area contributed by atoms with Gasteiger partial charge in [0.25, 0.3) is 0 Å². The Kier molecular flexibility index (Phi) is 6.55. The summed E-state index contributed by atoms with van der Waals surface area (Å²) in [6, 6.07) is -1.01. The van der Waals surface area contributed by atoms with Gasteiger partial charge < -0.3 is 46.8 Å². The Hall–Kier alpha value is -1.34. The number of aliphatic carboxylic acids is 1. The highest BCUT2D eigenvalue weighted by Crippen LogP contribution is 2.32. The van der Waals surface area contributed by atoms with Crippen molar-refractivity contribution >= 4 is 11.8 Å². The van der Waals surface area contributed by atoms with Crippen LogP contribution in [0.5, 0.6) is 0 Å². The van der Waals surface area contributed by atoms with Gasteiger partial charge in [-0.05, 0) is 18.8 Å². The third-order valence-electron chi connectivity index (χ3n) is 5.18. The molecule has 0 aromatic carbocycles. The Morgan fingerprint density at radius 2 is 1.50 bits per heavy atom. The van der Waals surface area contributed by atoms with Crippen molar-refractivity contribution < 1.29 is 40.2 Å². The average Bonchev–Trinajstić information content (AvgIpc) is 2.58.